The molecule has 1 heterocycles. The molecule has 0 aromatic heterocycles. The number of hydrogen-bond acceptors (Lipinski definition) is 3. The number of hydrogen-bond donors (Lipinski definition) is 1. The molecule has 0 saturated heterocycles. The van der Waals surface area contributed by atoms with E-state index in [0.29, 0.717) is 0 Å². The molecule has 0 atom stereocenters. The Labute approximate surface area is 110 Å². The van der Waals surface area contributed by atoms with E-state index in [0.717, 1.165) is 32.1 Å². The number of rotatable bonds is 1. The lowest BCUT2D eigenvalue weighted by atomic mass is 10.3. The maximum absolute atomic E-state index is 4.43. The SMILES string of the molecule is Brc1cccc(Br)c1NC1=NCCCS1. The molecule has 1 aliphatic heterocycles. The number of nitrogens with one attached hydrogen (secondary N) is 1. The maximum Gasteiger partial charge on any atom is 0.161 e. The van der Waals surface area contributed by atoms with Crippen LogP contribution in [-0.4, -0.2) is 17.5 Å². The van der Waals surface area contributed by atoms with Crippen LogP contribution in [0.25, 0.3) is 0 Å². The molecule has 1 aliphatic rings. The third kappa shape index (κ3) is 2.98. The summed E-state index contributed by atoms with van der Waals surface area (Å²) in [6, 6.07) is 6.03. The average molecular weight is 350 g/mol. The number of thioether (sulfide) groups is 1. The number of benzene rings is 1. The Hall–Kier alpha value is -0.000000000000000111. The second-order valence-corrected chi connectivity index (χ2v) is 5.90. The van der Waals surface area contributed by atoms with Gasteiger partial charge < -0.3 is 5.32 Å². The zero-order chi connectivity index (χ0) is 10.7. The lowest BCUT2D eigenvalue weighted by Gasteiger charge is -2.15. The molecule has 0 unspecified atom stereocenters. The van der Waals surface area contributed by atoms with E-state index in [1.54, 1.807) is 11.8 Å². The van der Waals surface area contributed by atoms with Crippen LogP contribution in [0.3, 0.4) is 0 Å². The Morgan fingerprint density at radius 1 is 1.27 bits per heavy atom. The highest BCUT2D eigenvalue weighted by molar-refractivity contribution is 9.11. The largest absolute Gasteiger partial charge is 0.333 e. The Morgan fingerprint density at radius 2 is 2.00 bits per heavy atom. The third-order valence-electron chi connectivity index (χ3n) is 1.99. The molecule has 1 N–H and O–H groups in total. The molecule has 80 valence electrons. The molecule has 5 heteroatoms. The van der Waals surface area contributed by atoms with E-state index in [1.165, 1.54) is 6.42 Å². The van der Waals surface area contributed by atoms with Crippen molar-refractivity contribution in [1.82, 2.24) is 0 Å². The van der Waals surface area contributed by atoms with Gasteiger partial charge in [0.15, 0.2) is 5.17 Å². The number of nitrogens with zero attached hydrogens (tertiary/aromatic N) is 1. The third-order valence-corrected chi connectivity index (χ3v) is 4.31. The molecule has 2 rings (SSSR count). The van der Waals surface area contributed by atoms with Gasteiger partial charge in [0.25, 0.3) is 0 Å². The van der Waals surface area contributed by atoms with Crippen LogP contribution in [0.15, 0.2) is 32.1 Å². The van der Waals surface area contributed by atoms with E-state index in [2.05, 4.69) is 42.2 Å². The van der Waals surface area contributed by atoms with Gasteiger partial charge in [-0.1, -0.05) is 17.8 Å². The van der Waals surface area contributed by atoms with Crippen molar-refractivity contribution in [2.45, 2.75) is 6.42 Å². The summed E-state index contributed by atoms with van der Waals surface area (Å²) in [4.78, 5) is 4.43. The standard InChI is InChI=1S/C10H10Br2N2S/c11-7-3-1-4-8(12)9(7)14-10-13-5-2-6-15-10/h1,3-4H,2,5-6H2,(H,13,14). The van der Waals surface area contributed by atoms with Crippen molar-refractivity contribution in [3.63, 3.8) is 0 Å². The van der Waals surface area contributed by atoms with Crippen molar-refractivity contribution in [3.8, 4) is 0 Å². The molecular weight excluding hydrogens is 340 g/mol. The van der Waals surface area contributed by atoms with Gasteiger partial charge in [-0.05, 0) is 50.4 Å². The van der Waals surface area contributed by atoms with Gasteiger partial charge in [-0.3, -0.25) is 4.99 Å². The molecule has 0 amide bonds. The highest BCUT2D eigenvalue weighted by Crippen LogP contribution is 2.31. The first-order valence-electron chi connectivity index (χ1n) is 4.65. The predicted molar refractivity (Wildman–Crippen MR) is 74.8 cm³/mol. The monoisotopic (exact) mass is 348 g/mol. The molecule has 0 radical (unpaired) electrons. The molecule has 0 fully saturated rings. The van der Waals surface area contributed by atoms with E-state index in [-0.39, 0.29) is 0 Å². The van der Waals surface area contributed by atoms with Crippen molar-refractivity contribution < 1.29 is 0 Å². The minimum Gasteiger partial charge on any atom is -0.333 e. The van der Waals surface area contributed by atoms with Crippen LogP contribution in [0.4, 0.5) is 5.69 Å². The van der Waals surface area contributed by atoms with Gasteiger partial charge in [-0.2, -0.15) is 0 Å². The van der Waals surface area contributed by atoms with Crippen LogP contribution in [0.1, 0.15) is 6.42 Å². The van der Waals surface area contributed by atoms with E-state index >= 15 is 0 Å². The second-order valence-electron chi connectivity index (χ2n) is 3.11. The lowest BCUT2D eigenvalue weighted by Crippen LogP contribution is -2.14. The quantitative estimate of drug-likeness (QED) is 0.824. The van der Waals surface area contributed by atoms with Gasteiger partial charge >= 0.3 is 0 Å². The van der Waals surface area contributed by atoms with Crippen LogP contribution in [0.5, 0.6) is 0 Å². The van der Waals surface area contributed by atoms with Crippen molar-refractivity contribution in [2.24, 2.45) is 4.99 Å². The van der Waals surface area contributed by atoms with Gasteiger partial charge in [-0.25, -0.2) is 0 Å². The number of aliphatic imine (C=N–C) groups is 1. The molecule has 1 aromatic rings. The Kier molecular flexibility index (Phi) is 4.11. The summed E-state index contributed by atoms with van der Waals surface area (Å²) in [6.45, 7) is 0.928. The fraction of sp³-hybridized carbons (Fsp3) is 0.300. The van der Waals surface area contributed by atoms with Crippen molar-refractivity contribution in [3.05, 3.63) is 27.1 Å². The summed E-state index contributed by atoms with van der Waals surface area (Å²) >= 11 is 8.81. The van der Waals surface area contributed by atoms with Crippen molar-refractivity contribution in [2.75, 3.05) is 17.6 Å². The number of anilines is 1. The Bertz CT molecular complexity index is 373. The molecule has 1 aromatic carbocycles. The molecule has 0 bridgehead atoms. The molecular formula is C10H10Br2N2S. The molecule has 0 saturated carbocycles. The van der Waals surface area contributed by atoms with Gasteiger partial charge in [0, 0.05) is 21.2 Å². The summed E-state index contributed by atoms with van der Waals surface area (Å²) in [6.07, 6.45) is 1.17. The smallest absolute Gasteiger partial charge is 0.161 e. The van der Waals surface area contributed by atoms with Crippen LogP contribution in [0, 0.1) is 0 Å². The van der Waals surface area contributed by atoms with Gasteiger partial charge in [0.05, 0.1) is 5.69 Å². The first kappa shape index (κ1) is 11.5. The van der Waals surface area contributed by atoms with Gasteiger partial charge in [0.2, 0.25) is 0 Å². The van der Waals surface area contributed by atoms with E-state index < -0.39 is 0 Å². The average Bonchev–Trinajstić information content (AvgIpc) is 2.25. The van der Waals surface area contributed by atoms with Crippen LogP contribution in [-0.2, 0) is 0 Å². The van der Waals surface area contributed by atoms with Gasteiger partial charge in [0.1, 0.15) is 0 Å². The van der Waals surface area contributed by atoms with E-state index in [9.17, 15) is 0 Å². The topological polar surface area (TPSA) is 24.4 Å². The molecule has 15 heavy (non-hydrogen) atoms. The number of halogens is 2. The Morgan fingerprint density at radius 3 is 2.60 bits per heavy atom. The van der Waals surface area contributed by atoms with Crippen LogP contribution >= 0.6 is 43.6 Å². The highest BCUT2D eigenvalue weighted by Gasteiger charge is 2.10. The minimum atomic E-state index is 0.928. The number of para-hydroxylation sites is 1. The zero-order valence-corrected chi connectivity index (χ0v) is 12.0. The summed E-state index contributed by atoms with van der Waals surface area (Å²) in [7, 11) is 0. The zero-order valence-electron chi connectivity index (χ0n) is 7.96. The van der Waals surface area contributed by atoms with E-state index in [4.69, 9.17) is 0 Å². The summed E-state index contributed by atoms with van der Waals surface area (Å²) in [5.74, 6) is 1.15. The predicted octanol–water partition coefficient (Wildman–Crippen LogP) is 4.12. The Balaban J connectivity index is 2.19. The normalized spacial score (nSPS) is 16.0. The van der Waals surface area contributed by atoms with Gasteiger partial charge in [-0.15, -0.1) is 0 Å². The summed E-state index contributed by atoms with van der Waals surface area (Å²) < 4.78 is 2.09. The summed E-state index contributed by atoms with van der Waals surface area (Å²) in [5, 5.41) is 4.34. The first-order chi connectivity index (χ1) is 7.27. The fourth-order valence-corrected chi connectivity index (χ4v) is 3.28. The maximum atomic E-state index is 4.43. The molecule has 2 nitrogen and oxygen atoms in total. The second kappa shape index (κ2) is 5.37. The van der Waals surface area contributed by atoms with Crippen molar-refractivity contribution in [1.29, 1.82) is 0 Å². The van der Waals surface area contributed by atoms with E-state index in [1.807, 2.05) is 18.2 Å². The molecule has 0 spiro atoms. The first-order valence-corrected chi connectivity index (χ1v) is 7.23. The van der Waals surface area contributed by atoms with Crippen molar-refractivity contribution >= 4 is 54.5 Å². The fourth-order valence-electron chi connectivity index (χ4n) is 1.26. The lowest BCUT2D eigenvalue weighted by molar-refractivity contribution is 0.938. The number of amidine groups is 1. The van der Waals surface area contributed by atoms with Crippen LogP contribution < -0.4 is 5.32 Å². The highest BCUT2D eigenvalue weighted by atomic mass is 79.9. The summed E-state index contributed by atoms with van der Waals surface area (Å²) in [5.41, 5.74) is 1.05. The minimum absolute atomic E-state index is 0.928. The molecule has 0 aliphatic carbocycles. The van der Waals surface area contributed by atoms with Crippen LogP contribution in [0.2, 0.25) is 0 Å².